The predicted molar refractivity (Wildman–Crippen MR) is 136 cm³/mol. The van der Waals surface area contributed by atoms with Gasteiger partial charge in [0.05, 0.1) is 0 Å². The van der Waals surface area contributed by atoms with Crippen LogP contribution in [0.25, 0.3) is 21.5 Å². The van der Waals surface area contributed by atoms with Gasteiger partial charge in [-0.15, -0.1) is 0 Å². The van der Waals surface area contributed by atoms with Gasteiger partial charge in [-0.25, -0.2) is 0 Å². The van der Waals surface area contributed by atoms with Crippen LogP contribution < -0.4 is 4.90 Å². The van der Waals surface area contributed by atoms with Crippen molar-refractivity contribution in [1.29, 1.82) is 0 Å². The minimum Gasteiger partial charge on any atom is -0.344 e. The van der Waals surface area contributed by atoms with Crippen LogP contribution in [-0.2, 0) is 12.8 Å². The smallest absolute Gasteiger partial charge is 0.0450 e. The van der Waals surface area contributed by atoms with Crippen LogP contribution in [0.2, 0.25) is 0 Å². The van der Waals surface area contributed by atoms with Gasteiger partial charge in [-0.1, -0.05) is 82.3 Å². The number of aryl methyl sites for hydroxylation is 1. The molecule has 0 amide bonds. The van der Waals surface area contributed by atoms with Crippen molar-refractivity contribution < 1.29 is 0 Å². The number of hydrogen-bond acceptors (Lipinski definition) is 1. The Balaban J connectivity index is 1.81. The number of benzene rings is 4. The Hall–Kier alpha value is -2.80. The normalized spacial score (nSPS) is 14.9. The van der Waals surface area contributed by atoms with Crippen molar-refractivity contribution in [2.24, 2.45) is 5.41 Å². The molecule has 1 nitrogen and oxygen atoms in total. The SMILES string of the molecule is CCC(c1c2c(cc3ccccc13)N(C)c1ccc3ccccc3c1CC2)C(C)(C)C. The Morgan fingerprint density at radius 1 is 0.774 bits per heavy atom. The van der Waals surface area contributed by atoms with E-state index in [0.29, 0.717) is 5.92 Å². The molecule has 0 radical (unpaired) electrons. The Morgan fingerprint density at radius 2 is 1.42 bits per heavy atom. The summed E-state index contributed by atoms with van der Waals surface area (Å²) in [5, 5.41) is 5.53. The number of anilines is 2. The first-order chi connectivity index (χ1) is 14.9. The Morgan fingerprint density at radius 3 is 2.13 bits per heavy atom. The van der Waals surface area contributed by atoms with Gasteiger partial charge in [-0.2, -0.15) is 0 Å². The summed E-state index contributed by atoms with van der Waals surface area (Å²) in [4.78, 5) is 2.45. The molecule has 0 bridgehead atoms. The highest BCUT2D eigenvalue weighted by molar-refractivity contribution is 5.96. The summed E-state index contributed by atoms with van der Waals surface area (Å²) in [5.41, 5.74) is 7.55. The minimum absolute atomic E-state index is 0.219. The van der Waals surface area contributed by atoms with Crippen molar-refractivity contribution in [3.05, 3.63) is 83.4 Å². The Bertz CT molecular complexity index is 1280. The third-order valence-corrected chi connectivity index (χ3v) is 7.34. The van der Waals surface area contributed by atoms with Gasteiger partial charge in [0.2, 0.25) is 0 Å². The maximum Gasteiger partial charge on any atom is 0.0450 e. The fourth-order valence-corrected chi connectivity index (χ4v) is 5.89. The average molecular weight is 408 g/mol. The van der Waals surface area contributed by atoms with E-state index in [1.165, 1.54) is 38.5 Å². The standard InChI is InChI=1S/C30H33N/c1-6-26(30(2,3)4)29-23-14-10-8-12-21(23)19-28-25(29)17-16-24-22-13-9-7-11-20(22)15-18-27(24)31(28)5/h7-15,18-19,26H,6,16-17H2,1-5H3. The van der Waals surface area contributed by atoms with Gasteiger partial charge in [-0.05, 0) is 81.0 Å². The van der Waals surface area contributed by atoms with E-state index in [1.54, 1.807) is 11.1 Å². The molecule has 1 aliphatic rings. The molecule has 0 spiro atoms. The van der Waals surface area contributed by atoms with Crippen molar-refractivity contribution in [3.8, 4) is 0 Å². The van der Waals surface area contributed by atoms with Crippen LogP contribution >= 0.6 is 0 Å². The lowest BCUT2D eigenvalue weighted by molar-refractivity contribution is 0.313. The van der Waals surface area contributed by atoms with Gasteiger partial charge < -0.3 is 4.90 Å². The van der Waals surface area contributed by atoms with E-state index in [4.69, 9.17) is 0 Å². The second-order valence-electron chi connectivity index (χ2n) is 10.2. The van der Waals surface area contributed by atoms with E-state index in [2.05, 4.69) is 106 Å². The molecule has 0 saturated carbocycles. The molecule has 1 atom stereocenters. The molecule has 0 N–H and O–H groups in total. The number of nitrogens with zero attached hydrogens (tertiary/aromatic N) is 1. The predicted octanol–water partition coefficient (Wildman–Crippen LogP) is 8.40. The maximum absolute atomic E-state index is 2.45. The van der Waals surface area contributed by atoms with Crippen LogP contribution in [0.3, 0.4) is 0 Å². The Labute approximate surface area is 186 Å². The van der Waals surface area contributed by atoms with Gasteiger partial charge >= 0.3 is 0 Å². The van der Waals surface area contributed by atoms with E-state index in [-0.39, 0.29) is 5.41 Å². The Kier molecular flexibility index (Phi) is 4.81. The fourth-order valence-electron chi connectivity index (χ4n) is 5.89. The summed E-state index contributed by atoms with van der Waals surface area (Å²) in [6.07, 6.45) is 3.33. The molecule has 0 aromatic heterocycles. The van der Waals surface area contributed by atoms with E-state index in [0.717, 1.165) is 19.3 Å². The molecule has 1 heterocycles. The van der Waals surface area contributed by atoms with E-state index >= 15 is 0 Å². The largest absolute Gasteiger partial charge is 0.344 e. The molecule has 158 valence electrons. The average Bonchev–Trinajstić information content (AvgIpc) is 2.90. The molecular formula is C30H33N. The van der Waals surface area contributed by atoms with Crippen molar-refractivity contribution in [3.63, 3.8) is 0 Å². The zero-order chi connectivity index (χ0) is 21.8. The summed E-state index contributed by atoms with van der Waals surface area (Å²) in [7, 11) is 2.26. The van der Waals surface area contributed by atoms with Crippen LogP contribution in [0.5, 0.6) is 0 Å². The van der Waals surface area contributed by atoms with Crippen LogP contribution in [0.4, 0.5) is 11.4 Å². The summed E-state index contributed by atoms with van der Waals surface area (Å²) >= 11 is 0. The van der Waals surface area contributed by atoms with Gasteiger partial charge in [0, 0.05) is 18.4 Å². The monoisotopic (exact) mass is 407 g/mol. The molecule has 0 aliphatic carbocycles. The third kappa shape index (κ3) is 3.22. The summed E-state index contributed by atoms with van der Waals surface area (Å²) in [5.74, 6) is 0.527. The van der Waals surface area contributed by atoms with E-state index in [1.807, 2.05) is 0 Å². The highest BCUT2D eigenvalue weighted by atomic mass is 15.1. The van der Waals surface area contributed by atoms with Crippen molar-refractivity contribution >= 4 is 32.9 Å². The van der Waals surface area contributed by atoms with Crippen LogP contribution in [0.1, 0.15) is 56.7 Å². The minimum atomic E-state index is 0.219. The lowest BCUT2D eigenvalue weighted by Gasteiger charge is -2.34. The first-order valence-corrected chi connectivity index (χ1v) is 11.7. The molecule has 1 heteroatoms. The van der Waals surface area contributed by atoms with Crippen molar-refractivity contribution in [2.45, 2.75) is 52.9 Å². The molecule has 0 fully saturated rings. The third-order valence-electron chi connectivity index (χ3n) is 7.34. The fraction of sp³-hybridized carbons (Fsp3) is 0.333. The van der Waals surface area contributed by atoms with Crippen LogP contribution in [0.15, 0.2) is 66.7 Å². The van der Waals surface area contributed by atoms with Gasteiger partial charge in [0.1, 0.15) is 0 Å². The van der Waals surface area contributed by atoms with Crippen molar-refractivity contribution in [1.82, 2.24) is 0 Å². The highest BCUT2D eigenvalue weighted by Gasteiger charge is 2.31. The second-order valence-corrected chi connectivity index (χ2v) is 10.2. The second kappa shape index (κ2) is 7.41. The molecule has 5 rings (SSSR count). The van der Waals surface area contributed by atoms with Gasteiger partial charge in [0.25, 0.3) is 0 Å². The van der Waals surface area contributed by atoms with E-state index < -0.39 is 0 Å². The molecular weight excluding hydrogens is 374 g/mol. The van der Waals surface area contributed by atoms with Gasteiger partial charge in [-0.3, -0.25) is 0 Å². The first-order valence-electron chi connectivity index (χ1n) is 11.7. The highest BCUT2D eigenvalue weighted by Crippen LogP contribution is 2.48. The molecule has 1 unspecified atom stereocenters. The zero-order valence-electron chi connectivity index (χ0n) is 19.5. The summed E-state index contributed by atoms with van der Waals surface area (Å²) in [6.45, 7) is 9.56. The maximum atomic E-state index is 2.45. The van der Waals surface area contributed by atoms with E-state index in [9.17, 15) is 0 Å². The van der Waals surface area contributed by atoms with Crippen LogP contribution in [-0.4, -0.2) is 7.05 Å². The lowest BCUT2D eigenvalue weighted by Crippen LogP contribution is -2.21. The first kappa shape index (κ1) is 20.1. The molecule has 4 aromatic carbocycles. The molecule has 4 aromatic rings. The lowest BCUT2D eigenvalue weighted by atomic mass is 9.71. The zero-order valence-corrected chi connectivity index (χ0v) is 19.5. The number of hydrogen-bond donors (Lipinski definition) is 0. The van der Waals surface area contributed by atoms with Crippen molar-refractivity contribution in [2.75, 3.05) is 11.9 Å². The topological polar surface area (TPSA) is 3.24 Å². The number of fused-ring (bicyclic) bond motifs is 5. The molecule has 0 saturated heterocycles. The van der Waals surface area contributed by atoms with Crippen LogP contribution in [0, 0.1) is 5.41 Å². The number of rotatable bonds is 2. The quantitative estimate of drug-likeness (QED) is 0.322. The summed E-state index contributed by atoms with van der Waals surface area (Å²) < 4.78 is 0. The van der Waals surface area contributed by atoms with Gasteiger partial charge in [0.15, 0.2) is 0 Å². The molecule has 1 aliphatic heterocycles. The summed E-state index contributed by atoms with van der Waals surface area (Å²) in [6, 6.07) is 24.9. The molecule has 31 heavy (non-hydrogen) atoms.